The van der Waals surface area contributed by atoms with E-state index in [4.69, 9.17) is 4.42 Å². The van der Waals surface area contributed by atoms with Crippen molar-refractivity contribution < 1.29 is 27.1 Å². The molecule has 4 aromatic rings. The number of fused-ring (bicyclic) bond motifs is 1. The van der Waals surface area contributed by atoms with Crippen LogP contribution in [0, 0.1) is 0 Å². The summed E-state index contributed by atoms with van der Waals surface area (Å²) in [6.07, 6.45) is -4.77. The first kappa shape index (κ1) is 20.4. The van der Waals surface area contributed by atoms with Crippen molar-refractivity contribution in [3.63, 3.8) is 0 Å². The van der Waals surface area contributed by atoms with E-state index in [-0.39, 0.29) is 17.1 Å². The monoisotopic (exact) mass is 447 g/mol. The Morgan fingerprint density at radius 3 is 2.58 bits per heavy atom. The number of alkyl halides is 3. The number of anilines is 3. The molecule has 11 heteroatoms. The molecule has 2 N–H and O–H groups in total. The number of nitrogens with one attached hydrogen (secondary N) is 2. The first-order valence-corrected chi connectivity index (χ1v) is 9.57. The Kier molecular flexibility index (Phi) is 5.34. The Bertz CT molecular complexity index is 1300. The highest BCUT2D eigenvalue weighted by Gasteiger charge is 2.30. The highest BCUT2D eigenvalue weighted by molar-refractivity contribution is 7.14. The van der Waals surface area contributed by atoms with Gasteiger partial charge < -0.3 is 19.8 Å². The molecule has 7 nitrogen and oxygen atoms in total. The lowest BCUT2D eigenvalue weighted by atomic mass is 10.2. The minimum absolute atomic E-state index is 0.0218. The van der Waals surface area contributed by atoms with E-state index in [0.717, 1.165) is 23.5 Å². The normalized spacial score (nSPS) is 11.3. The molecule has 158 valence electrons. The third kappa shape index (κ3) is 5.01. The number of hydrogen-bond acceptors (Lipinski definition) is 7. The zero-order valence-electron chi connectivity index (χ0n) is 15.4. The summed E-state index contributed by atoms with van der Waals surface area (Å²) in [6, 6.07) is 13.4. The summed E-state index contributed by atoms with van der Waals surface area (Å²) in [7, 11) is 0. The molecule has 31 heavy (non-hydrogen) atoms. The molecular weight excluding hydrogens is 435 g/mol. The second kappa shape index (κ2) is 8.11. The van der Waals surface area contributed by atoms with E-state index < -0.39 is 17.9 Å². The fourth-order valence-electron chi connectivity index (χ4n) is 2.63. The molecule has 2 heterocycles. The van der Waals surface area contributed by atoms with E-state index in [1.165, 1.54) is 23.6 Å². The fraction of sp³-hybridized carbons (Fsp3) is 0.0500. The van der Waals surface area contributed by atoms with Gasteiger partial charge in [-0.3, -0.25) is 4.79 Å². The number of nitrogens with zero attached hydrogens (tertiary/aromatic N) is 1. The van der Waals surface area contributed by atoms with Crippen molar-refractivity contribution in [3.8, 4) is 5.75 Å². The van der Waals surface area contributed by atoms with Crippen LogP contribution in [0.25, 0.3) is 11.0 Å². The maximum absolute atomic E-state index is 12.4. The van der Waals surface area contributed by atoms with Crippen LogP contribution in [0.5, 0.6) is 5.75 Å². The summed E-state index contributed by atoms with van der Waals surface area (Å²) in [5.41, 5.74) is 0.189. The standard InChI is InChI=1S/C20H12F3N3O4S/c21-20(22,23)30-13-7-5-12(6-8-13)24-19-26-15(10-31-19)17(27)25-14-9-11-3-1-2-4-16(11)29-18(14)28/h1-10H,(H,24,26)(H,25,27). The molecule has 2 aromatic carbocycles. The summed E-state index contributed by atoms with van der Waals surface area (Å²) >= 11 is 1.11. The molecule has 0 fully saturated rings. The fourth-order valence-corrected chi connectivity index (χ4v) is 3.35. The second-order valence-corrected chi connectivity index (χ2v) is 7.03. The Morgan fingerprint density at radius 1 is 1.10 bits per heavy atom. The molecule has 0 spiro atoms. The lowest BCUT2D eigenvalue weighted by Gasteiger charge is -2.09. The number of hydrogen-bond donors (Lipinski definition) is 2. The minimum Gasteiger partial charge on any atom is -0.421 e. The first-order chi connectivity index (χ1) is 14.8. The average molecular weight is 447 g/mol. The zero-order chi connectivity index (χ0) is 22.0. The number of carbonyl (C=O) groups excluding carboxylic acids is 1. The van der Waals surface area contributed by atoms with Gasteiger partial charge in [-0.15, -0.1) is 24.5 Å². The predicted molar refractivity (Wildman–Crippen MR) is 109 cm³/mol. The average Bonchev–Trinajstić information content (AvgIpc) is 3.17. The molecular formula is C20H12F3N3O4S. The number of halogens is 3. The molecule has 0 bridgehead atoms. The van der Waals surface area contributed by atoms with E-state index in [2.05, 4.69) is 20.4 Å². The van der Waals surface area contributed by atoms with Crippen molar-refractivity contribution in [1.29, 1.82) is 0 Å². The van der Waals surface area contributed by atoms with Gasteiger partial charge in [-0.1, -0.05) is 18.2 Å². The van der Waals surface area contributed by atoms with Crippen molar-refractivity contribution >= 4 is 44.7 Å². The Morgan fingerprint density at radius 2 is 1.84 bits per heavy atom. The van der Waals surface area contributed by atoms with Gasteiger partial charge in [0.05, 0.1) is 0 Å². The van der Waals surface area contributed by atoms with Gasteiger partial charge in [0.2, 0.25) is 0 Å². The topological polar surface area (TPSA) is 93.5 Å². The maximum Gasteiger partial charge on any atom is 0.573 e. The van der Waals surface area contributed by atoms with Gasteiger partial charge in [-0.25, -0.2) is 9.78 Å². The smallest absolute Gasteiger partial charge is 0.421 e. The lowest BCUT2D eigenvalue weighted by molar-refractivity contribution is -0.274. The number of benzene rings is 2. The van der Waals surface area contributed by atoms with Crippen molar-refractivity contribution in [2.75, 3.05) is 10.6 Å². The van der Waals surface area contributed by atoms with Crippen LogP contribution in [-0.2, 0) is 0 Å². The highest BCUT2D eigenvalue weighted by Crippen LogP contribution is 2.26. The second-order valence-electron chi connectivity index (χ2n) is 6.17. The van der Waals surface area contributed by atoms with E-state index in [0.29, 0.717) is 21.8 Å². The molecule has 0 aliphatic heterocycles. The van der Waals surface area contributed by atoms with Crippen molar-refractivity contribution in [3.05, 3.63) is 76.1 Å². The number of rotatable bonds is 5. The van der Waals surface area contributed by atoms with Crippen molar-refractivity contribution in [2.45, 2.75) is 6.36 Å². The molecule has 0 radical (unpaired) electrons. The zero-order valence-corrected chi connectivity index (χ0v) is 16.2. The highest BCUT2D eigenvalue weighted by atomic mass is 32.1. The molecule has 0 saturated heterocycles. The van der Waals surface area contributed by atoms with Gasteiger partial charge in [0.1, 0.15) is 22.7 Å². The summed E-state index contributed by atoms with van der Waals surface area (Å²) < 4.78 is 45.6. The first-order valence-electron chi connectivity index (χ1n) is 8.69. The van der Waals surface area contributed by atoms with E-state index in [9.17, 15) is 22.8 Å². The van der Waals surface area contributed by atoms with Crippen LogP contribution >= 0.6 is 11.3 Å². The number of amides is 1. The van der Waals surface area contributed by atoms with Crippen molar-refractivity contribution in [2.24, 2.45) is 0 Å². The third-order valence-corrected chi connectivity index (χ3v) is 4.72. The van der Waals surface area contributed by atoms with Gasteiger partial charge in [0.15, 0.2) is 5.13 Å². The summed E-state index contributed by atoms with van der Waals surface area (Å²) in [5, 5.41) is 7.81. The largest absolute Gasteiger partial charge is 0.573 e. The SMILES string of the molecule is O=C(Nc1cc2ccccc2oc1=O)c1csc(Nc2ccc(OC(F)(F)F)cc2)n1. The maximum atomic E-state index is 12.4. The minimum atomic E-state index is -4.77. The molecule has 0 atom stereocenters. The van der Waals surface area contributed by atoms with Crippen LogP contribution in [-0.4, -0.2) is 17.3 Å². The lowest BCUT2D eigenvalue weighted by Crippen LogP contribution is -2.18. The molecule has 0 aliphatic rings. The Balaban J connectivity index is 1.44. The molecule has 1 amide bonds. The van der Waals surface area contributed by atoms with Gasteiger partial charge in [0.25, 0.3) is 5.91 Å². The number of carbonyl (C=O) groups is 1. The Hall–Kier alpha value is -3.86. The molecule has 0 aliphatic carbocycles. The van der Waals surface area contributed by atoms with Gasteiger partial charge in [-0.2, -0.15) is 0 Å². The quantitative estimate of drug-likeness (QED) is 0.412. The number of aromatic nitrogens is 1. The van der Waals surface area contributed by atoms with E-state index >= 15 is 0 Å². The summed E-state index contributed by atoms with van der Waals surface area (Å²) in [5.74, 6) is -0.965. The Labute approximate surface area is 176 Å². The third-order valence-electron chi connectivity index (χ3n) is 3.97. The molecule has 0 saturated carbocycles. The predicted octanol–water partition coefficient (Wildman–Crippen LogP) is 5.14. The van der Waals surface area contributed by atoms with Crippen LogP contribution in [0.15, 0.2) is 69.2 Å². The molecule has 0 unspecified atom stereocenters. The van der Waals surface area contributed by atoms with Crippen molar-refractivity contribution in [1.82, 2.24) is 4.98 Å². The molecule has 4 rings (SSSR count). The van der Waals surface area contributed by atoms with E-state index in [1.807, 2.05) is 0 Å². The van der Waals surface area contributed by atoms with Gasteiger partial charge in [-0.05, 0) is 36.4 Å². The summed E-state index contributed by atoms with van der Waals surface area (Å²) in [6.45, 7) is 0. The van der Waals surface area contributed by atoms with Crippen LogP contribution in [0.4, 0.5) is 29.7 Å². The van der Waals surface area contributed by atoms with E-state index in [1.54, 1.807) is 24.3 Å². The van der Waals surface area contributed by atoms with Gasteiger partial charge in [0, 0.05) is 16.5 Å². The van der Waals surface area contributed by atoms with Gasteiger partial charge >= 0.3 is 12.0 Å². The number of para-hydroxylation sites is 1. The van der Waals surface area contributed by atoms with Crippen LogP contribution < -0.4 is 21.0 Å². The van der Waals surface area contributed by atoms with Crippen LogP contribution in [0.3, 0.4) is 0 Å². The molecule has 2 aromatic heterocycles. The van der Waals surface area contributed by atoms with Crippen LogP contribution in [0.2, 0.25) is 0 Å². The number of ether oxygens (including phenoxy) is 1. The van der Waals surface area contributed by atoms with Crippen LogP contribution in [0.1, 0.15) is 10.5 Å². The number of thiazole rings is 1. The summed E-state index contributed by atoms with van der Waals surface area (Å²) in [4.78, 5) is 28.6.